The topological polar surface area (TPSA) is 47.3 Å². The molecule has 1 aromatic rings. The zero-order valence-corrected chi connectivity index (χ0v) is 20.4. The first-order valence-corrected chi connectivity index (χ1v) is 10.8. The number of hydrogen-bond donors (Lipinski definition) is 2. The summed E-state index contributed by atoms with van der Waals surface area (Å²) >= 11 is 0. The summed E-state index contributed by atoms with van der Waals surface area (Å²) in [5.41, 5.74) is 8.40. The van der Waals surface area contributed by atoms with Gasteiger partial charge in [0.15, 0.2) is 0 Å². The third-order valence-electron chi connectivity index (χ3n) is 7.26. The summed E-state index contributed by atoms with van der Waals surface area (Å²) in [6.07, 6.45) is 1.09. The molecular formula is C25H46N2O. The van der Waals surface area contributed by atoms with Gasteiger partial charge in [0, 0.05) is 16.5 Å². The molecule has 0 aromatic heterocycles. The van der Waals surface area contributed by atoms with Gasteiger partial charge in [-0.1, -0.05) is 52.0 Å². The Bertz CT molecular complexity index is 608. The second kappa shape index (κ2) is 8.85. The van der Waals surface area contributed by atoms with E-state index in [2.05, 4.69) is 98.8 Å². The van der Waals surface area contributed by atoms with Crippen molar-refractivity contribution in [3.05, 3.63) is 35.4 Å². The highest BCUT2D eigenvalue weighted by Crippen LogP contribution is 2.35. The van der Waals surface area contributed by atoms with Gasteiger partial charge in [-0.15, -0.1) is 0 Å². The standard InChI is InChI=1S/C25H46N2O/c1-18(16-19(2)23(5,6)26)20-12-14-21(15-13-20)24(7,8)28-17-22(3,4)25(9,10)27-11/h12-15,18-19,27H,16-17,26H2,1-11H3. The number of benzene rings is 1. The maximum Gasteiger partial charge on any atom is 0.0875 e. The summed E-state index contributed by atoms with van der Waals surface area (Å²) < 4.78 is 6.42. The van der Waals surface area contributed by atoms with Crippen LogP contribution in [0.15, 0.2) is 24.3 Å². The zero-order valence-electron chi connectivity index (χ0n) is 20.4. The van der Waals surface area contributed by atoms with Crippen molar-refractivity contribution in [1.29, 1.82) is 0 Å². The van der Waals surface area contributed by atoms with Crippen LogP contribution in [0.3, 0.4) is 0 Å². The molecule has 3 heteroatoms. The highest BCUT2D eigenvalue weighted by molar-refractivity contribution is 5.28. The fourth-order valence-corrected chi connectivity index (χ4v) is 3.15. The first-order valence-electron chi connectivity index (χ1n) is 10.8. The van der Waals surface area contributed by atoms with Gasteiger partial charge in [0.1, 0.15) is 0 Å². The molecule has 2 unspecified atom stereocenters. The summed E-state index contributed by atoms with van der Waals surface area (Å²) in [7, 11) is 2.01. The molecule has 3 N–H and O–H groups in total. The van der Waals surface area contributed by atoms with Crippen molar-refractivity contribution in [1.82, 2.24) is 5.32 Å². The Morgan fingerprint density at radius 1 is 0.929 bits per heavy atom. The molecule has 0 spiro atoms. The molecule has 1 rings (SSSR count). The maximum atomic E-state index is 6.42. The van der Waals surface area contributed by atoms with Crippen molar-refractivity contribution < 1.29 is 4.74 Å². The van der Waals surface area contributed by atoms with Crippen molar-refractivity contribution >= 4 is 0 Å². The zero-order chi connectivity index (χ0) is 22.0. The normalized spacial score (nSPS) is 16.1. The van der Waals surface area contributed by atoms with Crippen LogP contribution in [0.2, 0.25) is 0 Å². The van der Waals surface area contributed by atoms with E-state index in [0.29, 0.717) is 18.4 Å². The molecule has 0 heterocycles. The molecule has 0 saturated carbocycles. The molecule has 0 radical (unpaired) electrons. The monoisotopic (exact) mass is 390 g/mol. The van der Waals surface area contributed by atoms with Crippen LogP contribution in [0.1, 0.15) is 92.7 Å². The van der Waals surface area contributed by atoms with Gasteiger partial charge in [-0.05, 0) is 78.0 Å². The Labute approximate surface area is 174 Å². The van der Waals surface area contributed by atoms with E-state index in [1.807, 2.05) is 7.05 Å². The molecule has 28 heavy (non-hydrogen) atoms. The summed E-state index contributed by atoms with van der Waals surface area (Å²) in [6.45, 7) is 22.7. The lowest BCUT2D eigenvalue weighted by molar-refractivity contribution is -0.0782. The van der Waals surface area contributed by atoms with E-state index < -0.39 is 0 Å². The van der Waals surface area contributed by atoms with Crippen LogP contribution in [0, 0.1) is 11.3 Å². The van der Waals surface area contributed by atoms with Gasteiger partial charge in [0.2, 0.25) is 0 Å². The number of nitrogens with two attached hydrogens (primary N) is 1. The average molecular weight is 391 g/mol. The van der Waals surface area contributed by atoms with Crippen molar-refractivity contribution in [3.63, 3.8) is 0 Å². The van der Waals surface area contributed by atoms with Gasteiger partial charge in [0.05, 0.1) is 12.2 Å². The van der Waals surface area contributed by atoms with E-state index in [1.54, 1.807) is 0 Å². The molecule has 0 bridgehead atoms. The predicted octanol–water partition coefficient (Wildman–Crippen LogP) is 5.83. The number of hydrogen-bond acceptors (Lipinski definition) is 3. The van der Waals surface area contributed by atoms with E-state index in [0.717, 1.165) is 6.42 Å². The quantitative estimate of drug-likeness (QED) is 0.528. The van der Waals surface area contributed by atoms with E-state index in [-0.39, 0.29) is 22.1 Å². The van der Waals surface area contributed by atoms with Gasteiger partial charge in [0.25, 0.3) is 0 Å². The van der Waals surface area contributed by atoms with Crippen molar-refractivity contribution in [2.75, 3.05) is 13.7 Å². The van der Waals surface area contributed by atoms with Crippen LogP contribution in [0.5, 0.6) is 0 Å². The first kappa shape index (κ1) is 25.1. The number of rotatable bonds is 10. The molecule has 2 atom stereocenters. The third-order valence-corrected chi connectivity index (χ3v) is 7.26. The van der Waals surface area contributed by atoms with Gasteiger partial charge in [-0.25, -0.2) is 0 Å². The van der Waals surface area contributed by atoms with E-state index in [9.17, 15) is 0 Å². The van der Waals surface area contributed by atoms with Crippen LogP contribution in [-0.2, 0) is 10.3 Å². The van der Waals surface area contributed by atoms with Crippen molar-refractivity contribution in [2.45, 2.75) is 98.3 Å². The van der Waals surface area contributed by atoms with E-state index in [4.69, 9.17) is 10.5 Å². The Hall–Kier alpha value is -0.900. The highest BCUT2D eigenvalue weighted by atomic mass is 16.5. The smallest absolute Gasteiger partial charge is 0.0875 e. The molecule has 0 fully saturated rings. The summed E-state index contributed by atoms with van der Waals surface area (Å²) in [5, 5.41) is 3.41. The Kier molecular flexibility index (Phi) is 7.95. The average Bonchev–Trinajstić information content (AvgIpc) is 2.59. The van der Waals surface area contributed by atoms with E-state index in [1.165, 1.54) is 11.1 Å². The molecule has 3 nitrogen and oxygen atoms in total. The summed E-state index contributed by atoms with van der Waals surface area (Å²) in [5.74, 6) is 0.964. The largest absolute Gasteiger partial charge is 0.370 e. The van der Waals surface area contributed by atoms with Crippen LogP contribution in [-0.4, -0.2) is 24.7 Å². The summed E-state index contributed by atoms with van der Waals surface area (Å²) in [6, 6.07) is 8.95. The Morgan fingerprint density at radius 2 is 1.43 bits per heavy atom. The molecule has 0 aliphatic carbocycles. The molecule has 0 aliphatic heterocycles. The minimum absolute atomic E-state index is 0.00414. The van der Waals surface area contributed by atoms with Gasteiger partial charge >= 0.3 is 0 Å². The van der Waals surface area contributed by atoms with Crippen LogP contribution < -0.4 is 11.1 Å². The minimum atomic E-state index is -0.324. The fourth-order valence-electron chi connectivity index (χ4n) is 3.15. The van der Waals surface area contributed by atoms with E-state index >= 15 is 0 Å². The van der Waals surface area contributed by atoms with Gasteiger partial charge < -0.3 is 15.8 Å². The molecular weight excluding hydrogens is 344 g/mol. The number of nitrogens with one attached hydrogen (secondary N) is 1. The van der Waals surface area contributed by atoms with Crippen molar-refractivity contribution in [2.24, 2.45) is 17.1 Å². The lowest BCUT2D eigenvalue weighted by Gasteiger charge is -2.43. The highest BCUT2D eigenvalue weighted by Gasteiger charge is 2.37. The molecule has 0 amide bonds. The molecule has 0 aliphatic rings. The molecule has 162 valence electrons. The van der Waals surface area contributed by atoms with Crippen LogP contribution in [0.25, 0.3) is 0 Å². The van der Waals surface area contributed by atoms with Gasteiger partial charge in [-0.2, -0.15) is 0 Å². The van der Waals surface area contributed by atoms with Gasteiger partial charge in [-0.3, -0.25) is 0 Å². The first-order chi connectivity index (χ1) is 12.5. The second-order valence-electron chi connectivity index (χ2n) is 11.0. The Balaban J connectivity index is 2.83. The molecule has 0 saturated heterocycles. The second-order valence-corrected chi connectivity index (χ2v) is 11.0. The fraction of sp³-hybridized carbons (Fsp3) is 0.760. The number of ether oxygens (including phenoxy) is 1. The third kappa shape index (κ3) is 6.30. The van der Waals surface area contributed by atoms with Crippen LogP contribution in [0.4, 0.5) is 0 Å². The summed E-state index contributed by atoms with van der Waals surface area (Å²) in [4.78, 5) is 0. The molecule has 1 aromatic carbocycles. The predicted molar refractivity (Wildman–Crippen MR) is 123 cm³/mol. The lowest BCUT2D eigenvalue weighted by atomic mass is 9.75. The Morgan fingerprint density at radius 3 is 1.86 bits per heavy atom. The SMILES string of the molecule is CNC(C)(C)C(C)(C)COC(C)(C)c1ccc(C(C)CC(C)C(C)(C)N)cc1. The van der Waals surface area contributed by atoms with Crippen LogP contribution >= 0.6 is 0 Å². The lowest BCUT2D eigenvalue weighted by Crippen LogP contribution is -2.52. The van der Waals surface area contributed by atoms with Crippen molar-refractivity contribution in [3.8, 4) is 0 Å². The minimum Gasteiger partial charge on any atom is -0.370 e. The maximum absolute atomic E-state index is 6.42.